The number of likely N-dealkylation sites (N-methyl/N-ethyl adjacent to an activating group) is 1. The van der Waals surface area contributed by atoms with Crippen LogP contribution in [0.4, 0.5) is 0 Å². The van der Waals surface area contributed by atoms with Crippen LogP contribution in [0.5, 0.6) is 0 Å². The second kappa shape index (κ2) is 10.8. The molecular formula is C23H24N6O3. The van der Waals surface area contributed by atoms with Gasteiger partial charge in [-0.25, -0.2) is 0 Å². The van der Waals surface area contributed by atoms with Crippen LogP contribution in [0.3, 0.4) is 0 Å². The molecule has 164 valence electrons. The Bertz CT molecular complexity index is 1130. The first-order valence-electron chi connectivity index (χ1n) is 9.97. The van der Waals surface area contributed by atoms with Crippen LogP contribution in [0, 0.1) is 11.8 Å². The fourth-order valence-corrected chi connectivity index (χ4v) is 3.03. The Morgan fingerprint density at radius 3 is 2.66 bits per heavy atom. The van der Waals surface area contributed by atoms with Gasteiger partial charge in [0, 0.05) is 38.5 Å². The largest absolute Gasteiger partial charge is 0.459 e. The summed E-state index contributed by atoms with van der Waals surface area (Å²) in [6.07, 6.45) is 4.53. The highest BCUT2D eigenvalue weighted by molar-refractivity contribution is 5.94. The van der Waals surface area contributed by atoms with E-state index in [0.717, 1.165) is 5.56 Å². The van der Waals surface area contributed by atoms with Crippen molar-refractivity contribution in [2.75, 3.05) is 20.1 Å². The summed E-state index contributed by atoms with van der Waals surface area (Å²) < 4.78 is 5.46. The van der Waals surface area contributed by atoms with Crippen LogP contribution in [0.2, 0.25) is 0 Å². The minimum absolute atomic E-state index is 0.203. The van der Waals surface area contributed by atoms with Gasteiger partial charge in [0.15, 0.2) is 5.69 Å². The highest BCUT2D eigenvalue weighted by Crippen LogP contribution is 2.11. The third-order valence-electron chi connectivity index (χ3n) is 4.51. The Morgan fingerprint density at radius 1 is 1.19 bits per heavy atom. The molecule has 9 nitrogen and oxygen atoms in total. The minimum atomic E-state index is -0.532. The zero-order valence-electron chi connectivity index (χ0n) is 17.9. The molecule has 32 heavy (non-hydrogen) atoms. The van der Waals surface area contributed by atoms with E-state index in [-0.39, 0.29) is 19.0 Å². The standard InChI is InChI=1S/C23H24N6O3/c1-28(16-21(32-22(30)12-24)11-17-6-4-3-5-7-17)23(31)19-10-18(13-25-14-19)8-9-20-15-26-29(2)27-20/h3-7,10,13-15,21H,11-12,16,24H2,1-2H3/t21-/m0/s1. The van der Waals surface area contributed by atoms with Gasteiger partial charge < -0.3 is 15.4 Å². The summed E-state index contributed by atoms with van der Waals surface area (Å²) in [6.45, 7) is -0.0195. The molecule has 2 N–H and O–H groups in total. The van der Waals surface area contributed by atoms with Crippen molar-refractivity contribution in [2.24, 2.45) is 12.8 Å². The van der Waals surface area contributed by atoms with Gasteiger partial charge in [-0.1, -0.05) is 36.3 Å². The molecule has 1 atom stereocenters. The van der Waals surface area contributed by atoms with Crippen LogP contribution >= 0.6 is 0 Å². The van der Waals surface area contributed by atoms with Gasteiger partial charge in [0.05, 0.1) is 24.8 Å². The van der Waals surface area contributed by atoms with Crippen LogP contribution in [0.15, 0.2) is 55.0 Å². The Labute approximate surface area is 186 Å². The van der Waals surface area contributed by atoms with Gasteiger partial charge in [0.1, 0.15) is 6.10 Å². The maximum absolute atomic E-state index is 13.0. The maximum atomic E-state index is 13.0. The Hall–Kier alpha value is -4.03. The first kappa shape index (κ1) is 22.7. The van der Waals surface area contributed by atoms with E-state index in [1.165, 1.54) is 15.9 Å². The number of esters is 1. The lowest BCUT2D eigenvalue weighted by Crippen LogP contribution is -2.38. The summed E-state index contributed by atoms with van der Waals surface area (Å²) in [5, 5.41) is 8.06. The molecule has 0 unspecified atom stereocenters. The number of carbonyl (C=O) groups excluding carboxylic acids is 2. The number of aromatic nitrogens is 4. The summed E-state index contributed by atoms with van der Waals surface area (Å²) in [6, 6.07) is 11.3. The normalized spacial score (nSPS) is 11.2. The quantitative estimate of drug-likeness (QED) is 0.433. The number of aryl methyl sites for hydroxylation is 1. The second-order valence-corrected chi connectivity index (χ2v) is 7.12. The van der Waals surface area contributed by atoms with Crippen molar-refractivity contribution in [3.05, 3.63) is 77.4 Å². The molecular weight excluding hydrogens is 408 g/mol. The van der Waals surface area contributed by atoms with Gasteiger partial charge in [0.25, 0.3) is 5.91 Å². The van der Waals surface area contributed by atoms with E-state index in [4.69, 9.17) is 10.5 Å². The van der Waals surface area contributed by atoms with Gasteiger partial charge in [0.2, 0.25) is 0 Å². The number of pyridine rings is 1. The van der Waals surface area contributed by atoms with E-state index in [9.17, 15) is 9.59 Å². The van der Waals surface area contributed by atoms with Crippen molar-refractivity contribution < 1.29 is 14.3 Å². The molecule has 1 amide bonds. The summed E-state index contributed by atoms with van der Waals surface area (Å²) in [5.74, 6) is 5.04. The SMILES string of the molecule is CN(C[C@H](Cc1ccccc1)OC(=O)CN)C(=O)c1cncc(C#Cc2cnn(C)n2)c1. The van der Waals surface area contributed by atoms with Crippen LogP contribution < -0.4 is 5.73 Å². The van der Waals surface area contributed by atoms with Crippen molar-refractivity contribution in [2.45, 2.75) is 12.5 Å². The van der Waals surface area contributed by atoms with E-state index in [0.29, 0.717) is 23.2 Å². The molecule has 9 heteroatoms. The maximum Gasteiger partial charge on any atom is 0.320 e. The van der Waals surface area contributed by atoms with Gasteiger partial charge in [-0.3, -0.25) is 14.6 Å². The van der Waals surface area contributed by atoms with Crippen LogP contribution in [0.25, 0.3) is 0 Å². The highest BCUT2D eigenvalue weighted by Gasteiger charge is 2.21. The predicted molar refractivity (Wildman–Crippen MR) is 117 cm³/mol. The number of hydrogen-bond donors (Lipinski definition) is 1. The Balaban J connectivity index is 1.71. The van der Waals surface area contributed by atoms with Crippen molar-refractivity contribution in [3.63, 3.8) is 0 Å². The smallest absolute Gasteiger partial charge is 0.320 e. The number of amides is 1. The van der Waals surface area contributed by atoms with Crippen LogP contribution in [-0.2, 0) is 23.0 Å². The van der Waals surface area contributed by atoms with E-state index < -0.39 is 12.1 Å². The van der Waals surface area contributed by atoms with Gasteiger partial charge in [-0.15, -0.1) is 5.10 Å². The number of nitrogens with zero attached hydrogens (tertiary/aromatic N) is 5. The fourth-order valence-electron chi connectivity index (χ4n) is 3.03. The third-order valence-corrected chi connectivity index (χ3v) is 4.51. The second-order valence-electron chi connectivity index (χ2n) is 7.12. The molecule has 0 saturated carbocycles. The average molecular weight is 432 g/mol. The molecule has 0 saturated heterocycles. The number of hydrogen-bond acceptors (Lipinski definition) is 7. The fraction of sp³-hybridized carbons (Fsp3) is 0.261. The predicted octanol–water partition coefficient (Wildman–Crippen LogP) is 0.795. The summed E-state index contributed by atoms with van der Waals surface area (Å²) in [7, 11) is 3.35. The van der Waals surface area contributed by atoms with Crippen molar-refractivity contribution >= 4 is 11.9 Å². The molecule has 0 spiro atoms. The lowest BCUT2D eigenvalue weighted by Gasteiger charge is -2.24. The molecule has 0 fully saturated rings. The summed E-state index contributed by atoms with van der Waals surface area (Å²) >= 11 is 0. The van der Waals surface area contributed by atoms with Crippen molar-refractivity contribution in [3.8, 4) is 11.8 Å². The van der Waals surface area contributed by atoms with E-state index in [1.807, 2.05) is 30.3 Å². The molecule has 3 rings (SSSR count). The first-order valence-corrected chi connectivity index (χ1v) is 9.97. The third kappa shape index (κ3) is 6.48. The molecule has 0 radical (unpaired) electrons. The first-order chi connectivity index (χ1) is 15.4. The van der Waals surface area contributed by atoms with Crippen molar-refractivity contribution in [1.82, 2.24) is 24.9 Å². The number of rotatable bonds is 7. The topological polar surface area (TPSA) is 116 Å². The molecule has 0 aliphatic heterocycles. The molecule has 2 aromatic heterocycles. The van der Waals surface area contributed by atoms with Gasteiger partial charge in [-0.05, 0) is 17.6 Å². The van der Waals surface area contributed by atoms with Crippen LogP contribution in [0.1, 0.15) is 27.2 Å². The van der Waals surface area contributed by atoms with Gasteiger partial charge in [-0.2, -0.15) is 9.90 Å². The molecule has 1 aromatic carbocycles. The van der Waals surface area contributed by atoms with Crippen molar-refractivity contribution in [1.29, 1.82) is 0 Å². The lowest BCUT2D eigenvalue weighted by atomic mass is 10.1. The molecule has 3 aromatic rings. The molecule has 0 aliphatic rings. The molecule has 0 bridgehead atoms. The zero-order chi connectivity index (χ0) is 22.9. The van der Waals surface area contributed by atoms with E-state index >= 15 is 0 Å². The minimum Gasteiger partial charge on any atom is -0.459 e. The average Bonchev–Trinajstić information content (AvgIpc) is 3.23. The number of nitrogens with two attached hydrogens (primary N) is 1. The lowest BCUT2D eigenvalue weighted by molar-refractivity contribution is -0.147. The van der Waals surface area contributed by atoms with Gasteiger partial charge >= 0.3 is 5.97 Å². The number of carbonyl (C=O) groups is 2. The Morgan fingerprint density at radius 2 is 1.97 bits per heavy atom. The summed E-state index contributed by atoms with van der Waals surface area (Å²) in [4.78, 5) is 31.8. The van der Waals surface area contributed by atoms with E-state index in [1.54, 1.807) is 32.6 Å². The molecule has 2 heterocycles. The number of benzene rings is 1. The van der Waals surface area contributed by atoms with Crippen LogP contribution in [-0.4, -0.2) is 63.0 Å². The highest BCUT2D eigenvalue weighted by atomic mass is 16.5. The zero-order valence-corrected chi connectivity index (χ0v) is 17.9. The molecule has 0 aliphatic carbocycles. The summed E-state index contributed by atoms with van der Waals surface area (Å²) in [5.41, 5.74) is 7.86. The Kier molecular flexibility index (Phi) is 7.67. The van der Waals surface area contributed by atoms with E-state index in [2.05, 4.69) is 27.0 Å². The number of ether oxygens (including phenoxy) is 1. The monoisotopic (exact) mass is 432 g/mol.